The molecular formula is C79H152NO8+. The van der Waals surface area contributed by atoms with Crippen LogP contribution < -0.4 is 0 Å². The third-order valence-corrected chi connectivity index (χ3v) is 18.0. The van der Waals surface area contributed by atoms with E-state index in [4.69, 9.17) is 18.9 Å². The lowest BCUT2D eigenvalue weighted by atomic mass is 10.0. The Morgan fingerprint density at radius 2 is 0.614 bits per heavy atom. The van der Waals surface area contributed by atoms with Crippen LogP contribution in [0.15, 0.2) is 24.3 Å². The van der Waals surface area contributed by atoms with Gasteiger partial charge in [0.2, 0.25) is 0 Å². The number of rotatable bonds is 74. The Kier molecular flexibility index (Phi) is 68.8. The molecule has 0 rings (SSSR count). The molecule has 0 saturated heterocycles. The van der Waals surface area contributed by atoms with Crippen LogP contribution in [0.25, 0.3) is 0 Å². The Labute approximate surface area is 548 Å². The summed E-state index contributed by atoms with van der Waals surface area (Å²) in [7, 11) is 6.00. The van der Waals surface area contributed by atoms with Gasteiger partial charge in [-0.3, -0.25) is 9.59 Å². The van der Waals surface area contributed by atoms with Crippen LogP contribution in [0.1, 0.15) is 406 Å². The van der Waals surface area contributed by atoms with Crippen molar-refractivity contribution in [2.75, 3.05) is 47.5 Å². The molecule has 0 aliphatic rings. The lowest BCUT2D eigenvalue weighted by molar-refractivity contribution is -0.870. The molecule has 0 amide bonds. The zero-order valence-corrected chi connectivity index (χ0v) is 59.7. The van der Waals surface area contributed by atoms with Gasteiger partial charge in [0.15, 0.2) is 6.10 Å². The lowest BCUT2D eigenvalue weighted by Crippen LogP contribution is -2.40. The standard InChI is InChI=1S/C79H151NO8/c1-6-8-10-12-14-16-18-20-22-24-26-28-30-32-34-36-38-40-41-43-45-47-49-51-53-55-57-59-61-63-65-67-69-76(81)86-73-75(74-87-79(78(83)84)85-72-71-80(3,4)5)88-77(82)70-68-66-64-62-60-58-56-54-52-50-48-46-44-42-39-37-35-33-31-29-27-25-23-21-19-17-15-13-11-9-7-2/h19,21,25,27,75,79H,6-18,20,22-24,26,28-74H2,1-5H3/p+1/b21-19-,27-25-. The number of unbranched alkanes of at least 4 members (excludes halogenated alkanes) is 55. The van der Waals surface area contributed by atoms with E-state index in [1.54, 1.807) is 0 Å². The zero-order valence-electron chi connectivity index (χ0n) is 59.7. The molecule has 520 valence electrons. The van der Waals surface area contributed by atoms with Crippen LogP contribution in [-0.4, -0.2) is 87.4 Å². The van der Waals surface area contributed by atoms with E-state index in [0.717, 1.165) is 44.9 Å². The maximum atomic E-state index is 13.0. The largest absolute Gasteiger partial charge is 0.477 e. The van der Waals surface area contributed by atoms with E-state index < -0.39 is 18.4 Å². The Balaban J connectivity index is 3.99. The summed E-state index contributed by atoms with van der Waals surface area (Å²) in [5, 5.41) is 9.77. The lowest BCUT2D eigenvalue weighted by Gasteiger charge is -2.25. The van der Waals surface area contributed by atoms with Gasteiger partial charge in [-0.15, -0.1) is 0 Å². The first kappa shape index (κ1) is 85.8. The Morgan fingerprint density at radius 1 is 0.341 bits per heavy atom. The smallest absolute Gasteiger partial charge is 0.361 e. The molecule has 0 aromatic rings. The third kappa shape index (κ3) is 71.2. The number of carbonyl (C=O) groups excluding carboxylic acids is 2. The first-order valence-corrected chi connectivity index (χ1v) is 39.0. The Hall–Kier alpha value is -2.23. The number of carboxylic acids is 1. The van der Waals surface area contributed by atoms with Crippen LogP contribution in [0.3, 0.4) is 0 Å². The van der Waals surface area contributed by atoms with Crippen LogP contribution in [0, 0.1) is 0 Å². The fraction of sp³-hybridized carbons (Fsp3) is 0.911. The molecule has 9 nitrogen and oxygen atoms in total. The van der Waals surface area contributed by atoms with E-state index in [9.17, 15) is 19.5 Å². The number of esters is 2. The molecule has 0 radical (unpaired) electrons. The minimum atomic E-state index is -1.51. The molecule has 1 N–H and O–H groups in total. The summed E-state index contributed by atoms with van der Waals surface area (Å²) in [6, 6.07) is 0. The predicted molar refractivity (Wildman–Crippen MR) is 378 cm³/mol. The molecule has 9 heteroatoms. The van der Waals surface area contributed by atoms with Crippen LogP contribution in [0.2, 0.25) is 0 Å². The maximum Gasteiger partial charge on any atom is 0.361 e. The predicted octanol–water partition coefficient (Wildman–Crippen LogP) is 24.5. The summed E-state index contributed by atoms with van der Waals surface area (Å²) in [4.78, 5) is 37.7. The van der Waals surface area contributed by atoms with Crippen molar-refractivity contribution in [3.63, 3.8) is 0 Å². The second-order valence-electron chi connectivity index (χ2n) is 28.0. The highest BCUT2D eigenvalue weighted by Gasteiger charge is 2.25. The monoisotopic (exact) mass is 1240 g/mol. The normalized spacial score (nSPS) is 12.7. The molecule has 0 fully saturated rings. The number of carboxylic acid groups (broad SMARTS) is 1. The molecule has 0 bridgehead atoms. The highest BCUT2D eigenvalue weighted by molar-refractivity contribution is 5.71. The number of hydrogen-bond acceptors (Lipinski definition) is 7. The summed E-state index contributed by atoms with van der Waals surface area (Å²) < 4.78 is 23.1. The molecule has 0 aromatic carbocycles. The van der Waals surface area contributed by atoms with Crippen molar-refractivity contribution in [1.82, 2.24) is 0 Å². The number of allylic oxidation sites excluding steroid dienone is 4. The fourth-order valence-corrected chi connectivity index (χ4v) is 12.0. The average molecular weight is 1240 g/mol. The van der Waals surface area contributed by atoms with Crippen molar-refractivity contribution in [2.24, 2.45) is 0 Å². The van der Waals surface area contributed by atoms with E-state index >= 15 is 0 Å². The summed E-state index contributed by atoms with van der Waals surface area (Å²) in [5.74, 6) is -1.97. The summed E-state index contributed by atoms with van der Waals surface area (Å²) in [6.45, 7) is 4.96. The highest BCUT2D eigenvalue weighted by atomic mass is 16.7. The molecule has 0 heterocycles. The van der Waals surface area contributed by atoms with Crippen molar-refractivity contribution in [1.29, 1.82) is 0 Å². The summed E-state index contributed by atoms with van der Waals surface area (Å²) in [6.07, 6.45) is 86.2. The zero-order chi connectivity index (χ0) is 64.0. The van der Waals surface area contributed by atoms with Gasteiger partial charge < -0.3 is 28.5 Å². The van der Waals surface area contributed by atoms with E-state index in [0.29, 0.717) is 17.4 Å². The van der Waals surface area contributed by atoms with Gasteiger partial charge >= 0.3 is 17.9 Å². The van der Waals surface area contributed by atoms with Crippen molar-refractivity contribution in [3.8, 4) is 0 Å². The highest BCUT2D eigenvalue weighted by Crippen LogP contribution is 2.20. The number of likely N-dealkylation sites (N-methyl/N-ethyl adjacent to an activating group) is 1. The topological polar surface area (TPSA) is 108 Å². The van der Waals surface area contributed by atoms with Gasteiger partial charge in [-0.05, 0) is 44.9 Å². The van der Waals surface area contributed by atoms with Crippen molar-refractivity contribution >= 4 is 17.9 Å². The average Bonchev–Trinajstić information content (AvgIpc) is 3.50. The van der Waals surface area contributed by atoms with Crippen LogP contribution in [0.4, 0.5) is 0 Å². The second kappa shape index (κ2) is 70.6. The van der Waals surface area contributed by atoms with E-state index in [1.807, 2.05) is 21.1 Å². The quantitative estimate of drug-likeness (QED) is 0.0211. The van der Waals surface area contributed by atoms with Crippen LogP contribution in [0.5, 0.6) is 0 Å². The first-order chi connectivity index (χ1) is 43.1. The minimum Gasteiger partial charge on any atom is -0.477 e. The molecule has 2 atom stereocenters. The third-order valence-electron chi connectivity index (χ3n) is 18.0. The SMILES string of the molecule is CCCCCCC/C=C\C/C=C\CCCCCCCCCCCCCCCCCCCCCC(=O)OC(COC(=O)CCCCCCCCCCCCCCCCCCCCCCCCCCCCCCCCCC)COC(OCC[N+](C)(C)C)C(=O)O. The van der Waals surface area contributed by atoms with E-state index in [1.165, 1.54) is 334 Å². The number of ether oxygens (including phenoxy) is 4. The second-order valence-corrected chi connectivity index (χ2v) is 28.0. The molecule has 0 spiro atoms. The van der Waals surface area contributed by atoms with Crippen LogP contribution in [-0.2, 0) is 33.3 Å². The molecule has 0 aromatic heterocycles. The molecule has 0 saturated carbocycles. The first-order valence-electron chi connectivity index (χ1n) is 39.0. The van der Waals surface area contributed by atoms with Gasteiger partial charge in [-0.1, -0.05) is 372 Å². The van der Waals surface area contributed by atoms with Gasteiger partial charge in [0.1, 0.15) is 13.2 Å². The molecule has 88 heavy (non-hydrogen) atoms. The fourth-order valence-electron chi connectivity index (χ4n) is 12.0. The van der Waals surface area contributed by atoms with Gasteiger partial charge in [-0.25, -0.2) is 4.79 Å². The van der Waals surface area contributed by atoms with Crippen LogP contribution >= 0.6 is 0 Å². The Bertz CT molecular complexity index is 1490. The molecule has 0 aliphatic carbocycles. The molecule has 0 aliphatic heterocycles. The maximum absolute atomic E-state index is 13.0. The number of hydrogen-bond donors (Lipinski definition) is 1. The molecular weight excluding hydrogens is 1090 g/mol. The van der Waals surface area contributed by atoms with E-state index in [2.05, 4.69) is 38.2 Å². The van der Waals surface area contributed by atoms with Crippen molar-refractivity contribution in [2.45, 2.75) is 418 Å². The summed E-state index contributed by atoms with van der Waals surface area (Å²) in [5.41, 5.74) is 0. The minimum absolute atomic E-state index is 0.174. The van der Waals surface area contributed by atoms with Crippen molar-refractivity contribution < 1.29 is 42.9 Å². The molecule has 2 unspecified atom stereocenters. The Morgan fingerprint density at radius 3 is 0.898 bits per heavy atom. The van der Waals surface area contributed by atoms with E-state index in [-0.39, 0.29) is 38.2 Å². The number of nitrogens with zero attached hydrogens (tertiary/aromatic N) is 1. The van der Waals surface area contributed by atoms with Gasteiger partial charge in [-0.2, -0.15) is 0 Å². The number of aliphatic carboxylic acids is 1. The summed E-state index contributed by atoms with van der Waals surface area (Å²) >= 11 is 0. The number of carbonyl (C=O) groups is 3. The number of quaternary nitrogens is 1. The van der Waals surface area contributed by atoms with Gasteiger partial charge in [0.05, 0.1) is 34.4 Å². The van der Waals surface area contributed by atoms with Crippen molar-refractivity contribution in [3.05, 3.63) is 24.3 Å². The van der Waals surface area contributed by atoms with Gasteiger partial charge in [0, 0.05) is 12.8 Å². The van der Waals surface area contributed by atoms with Gasteiger partial charge in [0.25, 0.3) is 6.29 Å².